The van der Waals surface area contributed by atoms with Crippen LogP contribution in [0, 0.1) is 6.92 Å². The molecule has 138 valence electrons. The van der Waals surface area contributed by atoms with E-state index >= 15 is 0 Å². The highest BCUT2D eigenvalue weighted by atomic mass is 35.5. The number of carbonyl (C=O) groups excluding carboxylic acids is 1. The van der Waals surface area contributed by atoms with Gasteiger partial charge < -0.3 is 10.1 Å². The van der Waals surface area contributed by atoms with Crippen LogP contribution in [-0.4, -0.2) is 12.9 Å². The lowest BCUT2D eigenvalue weighted by Gasteiger charge is -2.20. The van der Waals surface area contributed by atoms with Crippen LogP contribution in [0.5, 0.6) is 5.75 Å². The van der Waals surface area contributed by atoms with Gasteiger partial charge in [0.15, 0.2) is 5.78 Å². The van der Waals surface area contributed by atoms with E-state index in [0.717, 1.165) is 17.0 Å². The van der Waals surface area contributed by atoms with Crippen molar-refractivity contribution in [2.45, 2.75) is 19.4 Å². The van der Waals surface area contributed by atoms with Gasteiger partial charge in [-0.15, -0.1) is 0 Å². The average molecular weight is 380 g/mol. The Morgan fingerprint density at radius 3 is 2.37 bits per heavy atom. The van der Waals surface area contributed by atoms with Crippen LogP contribution in [0.1, 0.15) is 33.9 Å². The fourth-order valence-corrected chi connectivity index (χ4v) is 3.11. The minimum atomic E-state index is -0.180. The Morgan fingerprint density at radius 1 is 1.04 bits per heavy atom. The van der Waals surface area contributed by atoms with E-state index < -0.39 is 0 Å². The lowest BCUT2D eigenvalue weighted by molar-refractivity contribution is 0.0976. The molecule has 3 aromatic carbocycles. The number of benzene rings is 3. The van der Waals surface area contributed by atoms with Crippen molar-refractivity contribution in [1.29, 1.82) is 0 Å². The van der Waals surface area contributed by atoms with Crippen molar-refractivity contribution in [3.8, 4) is 5.75 Å². The first kappa shape index (κ1) is 19.0. The topological polar surface area (TPSA) is 38.3 Å². The van der Waals surface area contributed by atoms with E-state index in [2.05, 4.69) is 5.32 Å². The van der Waals surface area contributed by atoms with E-state index in [-0.39, 0.29) is 11.8 Å². The summed E-state index contributed by atoms with van der Waals surface area (Å²) in [6.07, 6.45) is 0.320. The van der Waals surface area contributed by atoms with Crippen molar-refractivity contribution in [1.82, 2.24) is 0 Å². The van der Waals surface area contributed by atoms with Gasteiger partial charge in [0.1, 0.15) is 5.75 Å². The Bertz CT molecular complexity index is 904. The highest BCUT2D eigenvalue weighted by molar-refractivity contribution is 6.30. The van der Waals surface area contributed by atoms with Crippen molar-refractivity contribution < 1.29 is 9.53 Å². The second kappa shape index (κ2) is 8.74. The Balaban J connectivity index is 1.84. The first-order valence-corrected chi connectivity index (χ1v) is 9.19. The lowest BCUT2D eigenvalue weighted by atomic mass is 9.97. The molecule has 4 heteroatoms. The molecule has 3 aromatic rings. The number of hydrogen-bond acceptors (Lipinski definition) is 3. The summed E-state index contributed by atoms with van der Waals surface area (Å²) in [5, 5.41) is 4.12. The molecule has 0 saturated heterocycles. The zero-order valence-electron chi connectivity index (χ0n) is 15.4. The maximum atomic E-state index is 12.8. The van der Waals surface area contributed by atoms with Gasteiger partial charge in [0, 0.05) is 22.7 Å². The number of carbonyl (C=O) groups is 1. The molecule has 0 fully saturated rings. The Morgan fingerprint density at radius 2 is 1.74 bits per heavy atom. The first-order valence-electron chi connectivity index (χ1n) is 8.81. The molecule has 0 aliphatic heterocycles. The predicted octanol–water partition coefficient (Wildman–Crippen LogP) is 6.08. The molecule has 0 radical (unpaired) electrons. The van der Waals surface area contributed by atoms with Crippen LogP contribution in [0.3, 0.4) is 0 Å². The minimum absolute atomic E-state index is 0.0576. The third-order valence-corrected chi connectivity index (χ3v) is 4.68. The summed E-state index contributed by atoms with van der Waals surface area (Å²) in [6, 6.07) is 22.8. The zero-order chi connectivity index (χ0) is 19.2. The average Bonchev–Trinajstić information content (AvgIpc) is 2.69. The van der Waals surface area contributed by atoms with Crippen LogP contribution in [0.2, 0.25) is 5.02 Å². The summed E-state index contributed by atoms with van der Waals surface area (Å²) < 4.78 is 5.16. The third-order valence-electron chi connectivity index (χ3n) is 4.45. The van der Waals surface area contributed by atoms with Gasteiger partial charge in [-0.3, -0.25) is 4.79 Å². The van der Waals surface area contributed by atoms with Crippen molar-refractivity contribution >= 4 is 23.1 Å². The second-order valence-corrected chi connectivity index (χ2v) is 6.91. The molecule has 0 amide bonds. The third kappa shape index (κ3) is 5.11. The summed E-state index contributed by atoms with van der Waals surface area (Å²) >= 11 is 6.17. The fraction of sp³-hybridized carbons (Fsp3) is 0.174. The molecule has 1 atom stereocenters. The van der Waals surface area contributed by atoms with Gasteiger partial charge in [0.2, 0.25) is 0 Å². The highest BCUT2D eigenvalue weighted by Gasteiger charge is 2.18. The SMILES string of the molecule is COc1ccc(C(=O)CC(Nc2ccc(C)cc2)c2cccc(Cl)c2)cc1. The van der Waals surface area contributed by atoms with Crippen molar-refractivity contribution in [3.63, 3.8) is 0 Å². The van der Waals surface area contributed by atoms with Gasteiger partial charge in [-0.2, -0.15) is 0 Å². The number of Topliss-reactive ketones (excluding diaryl/α,β-unsaturated/α-hetero) is 1. The Labute approximate surface area is 164 Å². The Hall–Kier alpha value is -2.78. The lowest BCUT2D eigenvalue weighted by Crippen LogP contribution is -2.16. The van der Waals surface area contributed by atoms with Gasteiger partial charge in [0.25, 0.3) is 0 Å². The predicted molar refractivity (Wildman–Crippen MR) is 111 cm³/mol. The normalized spacial score (nSPS) is 11.7. The number of nitrogens with one attached hydrogen (secondary N) is 1. The largest absolute Gasteiger partial charge is 0.497 e. The van der Waals surface area contributed by atoms with Gasteiger partial charge in [-0.25, -0.2) is 0 Å². The van der Waals surface area contributed by atoms with Gasteiger partial charge in [0.05, 0.1) is 13.2 Å². The van der Waals surface area contributed by atoms with Gasteiger partial charge >= 0.3 is 0 Å². The van der Waals surface area contributed by atoms with Crippen molar-refractivity contribution in [3.05, 3.63) is 94.5 Å². The summed E-state index contributed by atoms with van der Waals surface area (Å²) in [6.45, 7) is 2.05. The molecule has 0 aromatic heterocycles. The molecule has 0 saturated carbocycles. The van der Waals surface area contributed by atoms with E-state index in [9.17, 15) is 4.79 Å². The summed E-state index contributed by atoms with van der Waals surface area (Å²) in [5.74, 6) is 0.790. The molecule has 0 bridgehead atoms. The standard InChI is InChI=1S/C23H22ClNO2/c1-16-6-10-20(11-7-16)25-22(18-4-3-5-19(24)14-18)15-23(26)17-8-12-21(27-2)13-9-17/h3-14,22,25H,15H2,1-2H3. The number of ketones is 1. The molecule has 0 aliphatic rings. The smallest absolute Gasteiger partial charge is 0.165 e. The van der Waals surface area contributed by atoms with E-state index in [1.165, 1.54) is 5.56 Å². The minimum Gasteiger partial charge on any atom is -0.497 e. The number of anilines is 1. The summed E-state index contributed by atoms with van der Waals surface area (Å²) in [5.41, 5.74) is 3.79. The van der Waals surface area contributed by atoms with Crippen LogP contribution < -0.4 is 10.1 Å². The molecule has 27 heavy (non-hydrogen) atoms. The second-order valence-electron chi connectivity index (χ2n) is 6.47. The van der Waals surface area contributed by atoms with E-state index in [1.54, 1.807) is 31.4 Å². The van der Waals surface area contributed by atoms with E-state index in [1.807, 2.05) is 55.5 Å². The van der Waals surface area contributed by atoms with Crippen LogP contribution in [0.4, 0.5) is 5.69 Å². The van der Waals surface area contributed by atoms with Crippen LogP contribution in [0.25, 0.3) is 0 Å². The van der Waals surface area contributed by atoms with E-state index in [0.29, 0.717) is 17.0 Å². The number of rotatable bonds is 7. The number of aryl methyl sites for hydroxylation is 1. The quantitative estimate of drug-likeness (QED) is 0.505. The molecule has 3 nitrogen and oxygen atoms in total. The molecular weight excluding hydrogens is 358 g/mol. The summed E-state index contributed by atoms with van der Waals surface area (Å²) in [7, 11) is 1.61. The number of hydrogen-bond donors (Lipinski definition) is 1. The molecule has 3 rings (SSSR count). The number of ether oxygens (including phenoxy) is 1. The number of halogens is 1. The molecular formula is C23H22ClNO2. The van der Waals surface area contributed by atoms with Crippen LogP contribution in [0.15, 0.2) is 72.8 Å². The zero-order valence-corrected chi connectivity index (χ0v) is 16.2. The first-order chi connectivity index (χ1) is 13.0. The fourth-order valence-electron chi connectivity index (χ4n) is 2.91. The molecule has 0 spiro atoms. The van der Waals surface area contributed by atoms with E-state index in [4.69, 9.17) is 16.3 Å². The van der Waals surface area contributed by atoms with Gasteiger partial charge in [-0.1, -0.05) is 41.4 Å². The number of methoxy groups -OCH3 is 1. The molecule has 1 unspecified atom stereocenters. The maximum absolute atomic E-state index is 12.8. The highest BCUT2D eigenvalue weighted by Crippen LogP contribution is 2.27. The maximum Gasteiger partial charge on any atom is 0.165 e. The monoisotopic (exact) mass is 379 g/mol. The van der Waals surface area contributed by atoms with Crippen LogP contribution in [-0.2, 0) is 0 Å². The molecule has 0 aliphatic carbocycles. The van der Waals surface area contributed by atoms with Gasteiger partial charge in [-0.05, 0) is 61.0 Å². The summed E-state index contributed by atoms with van der Waals surface area (Å²) in [4.78, 5) is 12.8. The van der Waals surface area contributed by atoms with Crippen LogP contribution >= 0.6 is 11.6 Å². The van der Waals surface area contributed by atoms with Crippen molar-refractivity contribution in [2.75, 3.05) is 12.4 Å². The molecule has 0 heterocycles. The Kier molecular flexibility index (Phi) is 6.15. The van der Waals surface area contributed by atoms with Crippen molar-refractivity contribution in [2.24, 2.45) is 0 Å². The molecule has 1 N–H and O–H groups in total.